The van der Waals surface area contributed by atoms with E-state index in [1.165, 1.54) is 12.1 Å². The lowest BCUT2D eigenvalue weighted by molar-refractivity contribution is -0.163. The van der Waals surface area contributed by atoms with Crippen molar-refractivity contribution in [1.29, 1.82) is 0 Å². The van der Waals surface area contributed by atoms with E-state index in [1.807, 2.05) is 5.32 Å². The molecule has 1 aliphatic rings. The van der Waals surface area contributed by atoms with Crippen LogP contribution in [0.3, 0.4) is 0 Å². The third-order valence-electron chi connectivity index (χ3n) is 3.23. The smallest absolute Gasteiger partial charge is 0.411 e. The van der Waals surface area contributed by atoms with E-state index in [0.29, 0.717) is 0 Å². The van der Waals surface area contributed by atoms with E-state index in [4.69, 9.17) is 10.5 Å². The maximum absolute atomic E-state index is 12.8. The third kappa shape index (κ3) is 2.52. The predicted molar refractivity (Wildman–Crippen MR) is 67.5 cm³/mol. The van der Waals surface area contributed by atoms with Crippen molar-refractivity contribution in [3.8, 4) is 5.75 Å². The Labute approximate surface area is 114 Å². The predicted octanol–water partition coefficient (Wildman–Crippen LogP) is 2.49. The van der Waals surface area contributed by atoms with E-state index in [0.717, 1.165) is 0 Å². The molecule has 0 atom stereocenters. The zero-order chi connectivity index (χ0) is 15.0. The number of carbonyl (C=O) groups excluding carboxylic acids is 1. The Balaban J connectivity index is 2.26. The van der Waals surface area contributed by atoms with Crippen molar-refractivity contribution in [1.82, 2.24) is 5.32 Å². The molecule has 0 radical (unpaired) electrons. The summed E-state index contributed by atoms with van der Waals surface area (Å²) < 4.78 is 43.8. The van der Waals surface area contributed by atoms with Gasteiger partial charge < -0.3 is 15.8 Å². The lowest BCUT2D eigenvalue weighted by Crippen LogP contribution is -2.48. The summed E-state index contributed by atoms with van der Waals surface area (Å²) in [6.45, 7) is 2.00. The van der Waals surface area contributed by atoms with Gasteiger partial charge in [-0.05, 0) is 31.9 Å². The first-order chi connectivity index (χ1) is 9.31. The van der Waals surface area contributed by atoms with Gasteiger partial charge in [-0.3, -0.25) is 4.79 Å². The summed E-state index contributed by atoms with van der Waals surface area (Å²) in [6, 6.07) is 4.53. The minimum atomic E-state index is -4.46. The molecular formula is C13H15F3N2O2. The molecule has 1 amide bonds. The highest BCUT2D eigenvalue weighted by Gasteiger charge is 2.64. The number of nitrogens with two attached hydrogens (primary N) is 1. The Morgan fingerprint density at radius 3 is 2.60 bits per heavy atom. The van der Waals surface area contributed by atoms with E-state index in [-0.39, 0.29) is 36.4 Å². The van der Waals surface area contributed by atoms with Gasteiger partial charge in [0.25, 0.3) is 5.91 Å². The van der Waals surface area contributed by atoms with Gasteiger partial charge in [0.05, 0.1) is 6.61 Å². The van der Waals surface area contributed by atoms with Crippen LogP contribution in [0.2, 0.25) is 0 Å². The molecule has 4 nitrogen and oxygen atoms in total. The molecule has 0 heterocycles. The van der Waals surface area contributed by atoms with E-state index in [1.54, 1.807) is 13.0 Å². The fourth-order valence-corrected chi connectivity index (χ4v) is 1.95. The van der Waals surface area contributed by atoms with Crippen LogP contribution in [-0.2, 0) is 0 Å². The van der Waals surface area contributed by atoms with Crippen LogP contribution in [0.4, 0.5) is 18.9 Å². The van der Waals surface area contributed by atoms with Crippen LogP contribution in [-0.4, -0.2) is 24.2 Å². The van der Waals surface area contributed by atoms with Gasteiger partial charge in [-0.1, -0.05) is 6.07 Å². The van der Waals surface area contributed by atoms with E-state index in [2.05, 4.69) is 0 Å². The fourth-order valence-electron chi connectivity index (χ4n) is 1.95. The standard InChI is InChI=1S/C13H15F3N2O2/c1-2-20-9-5-3-4-8(17)10(9)11(19)18-12(6-7-12)13(14,15)16/h3-5H,2,6-7,17H2,1H3,(H,18,19). The molecular weight excluding hydrogens is 273 g/mol. The second-order valence-corrected chi connectivity index (χ2v) is 4.69. The molecule has 3 N–H and O–H groups in total. The van der Waals surface area contributed by atoms with Gasteiger partial charge in [-0.15, -0.1) is 0 Å². The number of benzene rings is 1. The molecule has 0 saturated heterocycles. The summed E-state index contributed by atoms with van der Waals surface area (Å²) >= 11 is 0. The molecule has 2 rings (SSSR count). The first kappa shape index (κ1) is 14.5. The molecule has 1 saturated carbocycles. The van der Waals surface area contributed by atoms with Crippen LogP contribution in [0, 0.1) is 0 Å². The number of alkyl halides is 3. The quantitative estimate of drug-likeness (QED) is 0.837. The molecule has 20 heavy (non-hydrogen) atoms. The molecule has 0 bridgehead atoms. The van der Waals surface area contributed by atoms with Crippen molar-refractivity contribution in [3.63, 3.8) is 0 Å². The number of hydrogen-bond donors (Lipinski definition) is 2. The number of anilines is 1. The first-order valence-electron chi connectivity index (χ1n) is 6.21. The Hall–Kier alpha value is -1.92. The van der Waals surface area contributed by atoms with E-state index < -0.39 is 17.6 Å². The van der Waals surface area contributed by atoms with Crippen LogP contribution >= 0.6 is 0 Å². The van der Waals surface area contributed by atoms with Gasteiger partial charge in [-0.25, -0.2) is 0 Å². The van der Waals surface area contributed by atoms with Crippen molar-refractivity contribution < 1.29 is 22.7 Å². The first-order valence-corrected chi connectivity index (χ1v) is 6.21. The van der Waals surface area contributed by atoms with Crippen molar-refractivity contribution in [2.75, 3.05) is 12.3 Å². The number of amides is 1. The highest BCUT2D eigenvalue weighted by molar-refractivity contribution is 6.02. The Kier molecular flexibility index (Phi) is 3.54. The second-order valence-electron chi connectivity index (χ2n) is 4.69. The lowest BCUT2D eigenvalue weighted by atomic mass is 10.1. The SMILES string of the molecule is CCOc1cccc(N)c1C(=O)NC1(C(F)(F)F)CC1. The maximum atomic E-state index is 12.8. The summed E-state index contributed by atoms with van der Waals surface area (Å²) in [5.74, 6) is -0.677. The zero-order valence-corrected chi connectivity index (χ0v) is 10.9. The van der Waals surface area contributed by atoms with Crippen LogP contribution in [0.5, 0.6) is 5.75 Å². The molecule has 0 aromatic heterocycles. The maximum Gasteiger partial charge on any atom is 0.411 e. The Morgan fingerprint density at radius 1 is 1.45 bits per heavy atom. The molecule has 1 aromatic rings. The molecule has 1 fully saturated rings. The molecule has 7 heteroatoms. The largest absolute Gasteiger partial charge is 0.493 e. The van der Waals surface area contributed by atoms with Crippen molar-refractivity contribution in [2.45, 2.75) is 31.5 Å². The monoisotopic (exact) mass is 288 g/mol. The molecule has 110 valence electrons. The number of nitrogen functional groups attached to an aromatic ring is 1. The summed E-state index contributed by atoms with van der Waals surface area (Å²) in [5, 5.41) is 2.04. The highest BCUT2D eigenvalue weighted by atomic mass is 19.4. The zero-order valence-electron chi connectivity index (χ0n) is 10.9. The Bertz CT molecular complexity index is 525. The van der Waals surface area contributed by atoms with Crippen molar-refractivity contribution >= 4 is 11.6 Å². The number of rotatable bonds is 4. The number of carbonyl (C=O) groups is 1. The Morgan fingerprint density at radius 2 is 2.10 bits per heavy atom. The minimum absolute atomic E-state index is 0.0510. The molecule has 0 spiro atoms. The van der Waals surface area contributed by atoms with Crippen molar-refractivity contribution in [3.05, 3.63) is 23.8 Å². The van der Waals surface area contributed by atoms with Crippen LogP contribution in [0.15, 0.2) is 18.2 Å². The molecule has 1 aromatic carbocycles. The lowest BCUT2D eigenvalue weighted by Gasteiger charge is -2.22. The molecule has 0 aliphatic heterocycles. The highest BCUT2D eigenvalue weighted by Crippen LogP contribution is 2.49. The van der Waals surface area contributed by atoms with E-state index in [9.17, 15) is 18.0 Å². The number of halogens is 3. The summed E-state index contributed by atoms with van der Waals surface area (Å²) in [4.78, 5) is 12.1. The minimum Gasteiger partial charge on any atom is -0.493 e. The van der Waals surface area contributed by atoms with Crippen LogP contribution in [0.1, 0.15) is 30.1 Å². The van der Waals surface area contributed by atoms with Gasteiger partial charge in [0.15, 0.2) is 0 Å². The number of nitrogens with one attached hydrogen (secondary N) is 1. The van der Waals surface area contributed by atoms with Crippen LogP contribution < -0.4 is 15.8 Å². The van der Waals surface area contributed by atoms with Gasteiger partial charge in [0.2, 0.25) is 0 Å². The third-order valence-corrected chi connectivity index (χ3v) is 3.23. The second kappa shape index (κ2) is 4.88. The summed E-state index contributed by atoms with van der Waals surface area (Å²) in [5.41, 5.74) is 3.60. The summed E-state index contributed by atoms with van der Waals surface area (Å²) in [7, 11) is 0. The number of ether oxygens (including phenoxy) is 1. The average molecular weight is 288 g/mol. The van der Waals surface area contributed by atoms with E-state index >= 15 is 0 Å². The fraction of sp³-hybridized carbons (Fsp3) is 0.462. The van der Waals surface area contributed by atoms with Crippen LogP contribution in [0.25, 0.3) is 0 Å². The number of hydrogen-bond acceptors (Lipinski definition) is 3. The summed E-state index contributed by atoms with van der Waals surface area (Å²) in [6.07, 6.45) is -4.68. The van der Waals surface area contributed by atoms with Gasteiger partial charge in [0.1, 0.15) is 16.9 Å². The molecule has 0 unspecified atom stereocenters. The topological polar surface area (TPSA) is 64.3 Å². The van der Waals surface area contributed by atoms with Gasteiger partial charge >= 0.3 is 6.18 Å². The van der Waals surface area contributed by atoms with Crippen molar-refractivity contribution in [2.24, 2.45) is 0 Å². The molecule has 1 aliphatic carbocycles. The van der Waals surface area contributed by atoms with Gasteiger partial charge in [0, 0.05) is 5.69 Å². The normalized spacial score (nSPS) is 16.6. The van der Waals surface area contributed by atoms with Gasteiger partial charge in [-0.2, -0.15) is 13.2 Å². The average Bonchev–Trinajstić information content (AvgIpc) is 3.09.